The summed E-state index contributed by atoms with van der Waals surface area (Å²) in [5.74, 6) is 1.18. The van der Waals surface area contributed by atoms with Crippen LogP contribution in [0.4, 0.5) is 5.82 Å². The van der Waals surface area contributed by atoms with Gasteiger partial charge in [-0.25, -0.2) is 4.68 Å². The number of nitrogens with zero attached hydrogens (tertiary/aromatic N) is 4. The van der Waals surface area contributed by atoms with Crippen molar-refractivity contribution in [1.29, 1.82) is 0 Å². The van der Waals surface area contributed by atoms with Crippen LogP contribution in [0.3, 0.4) is 0 Å². The second-order valence-electron chi connectivity index (χ2n) is 7.12. The number of nitrogens with one attached hydrogen (secondary N) is 1. The van der Waals surface area contributed by atoms with Crippen molar-refractivity contribution < 1.29 is 5.11 Å². The van der Waals surface area contributed by atoms with E-state index in [0.717, 1.165) is 48.3 Å². The number of aliphatic hydroxyl groups excluding tert-OH is 1. The number of rotatable bonds is 6. The molecule has 8 heteroatoms. The summed E-state index contributed by atoms with van der Waals surface area (Å²) >= 11 is 6.03. The van der Waals surface area contributed by atoms with Gasteiger partial charge in [-0.15, -0.1) is 5.10 Å². The molecule has 1 unspecified atom stereocenters. The Kier molecular flexibility index (Phi) is 5.77. The number of hydrogen-bond acceptors (Lipinski definition) is 6. The van der Waals surface area contributed by atoms with E-state index < -0.39 is 6.23 Å². The molecule has 1 atom stereocenters. The number of anilines is 1. The van der Waals surface area contributed by atoms with E-state index in [2.05, 4.69) is 15.2 Å². The van der Waals surface area contributed by atoms with Crippen molar-refractivity contribution in [1.82, 2.24) is 20.1 Å². The lowest BCUT2D eigenvalue weighted by atomic mass is 9.95. The van der Waals surface area contributed by atoms with E-state index in [4.69, 9.17) is 22.4 Å². The van der Waals surface area contributed by atoms with E-state index in [1.807, 2.05) is 41.2 Å². The van der Waals surface area contributed by atoms with Crippen molar-refractivity contribution in [3.63, 3.8) is 0 Å². The van der Waals surface area contributed by atoms with Crippen molar-refractivity contribution in [2.75, 3.05) is 31.1 Å². The molecule has 0 aliphatic carbocycles. The highest BCUT2D eigenvalue weighted by atomic mass is 35.5. The van der Waals surface area contributed by atoms with Gasteiger partial charge in [0.05, 0.1) is 17.4 Å². The van der Waals surface area contributed by atoms with Crippen molar-refractivity contribution in [2.45, 2.75) is 19.1 Å². The Hall–Kier alpha value is -2.19. The standard InChI is InChI=1S/C20H25ClN6O/c21-15-1-3-16(4-2-15)27-18-13-23-9-5-17(18)19(25-27)26-11-6-14(7-12-26)20(28)24-10-8-22/h1-5,9,13-14,20,24,28H,6-8,10-12,22H2. The molecular weight excluding hydrogens is 376 g/mol. The van der Waals surface area contributed by atoms with Crippen molar-refractivity contribution in [3.05, 3.63) is 47.7 Å². The molecule has 4 rings (SSSR count). The van der Waals surface area contributed by atoms with Crippen LogP contribution in [0.2, 0.25) is 5.02 Å². The van der Waals surface area contributed by atoms with Gasteiger partial charge in [0.15, 0.2) is 5.82 Å². The maximum atomic E-state index is 10.3. The number of aromatic nitrogens is 3. The molecule has 1 fully saturated rings. The fourth-order valence-corrected chi connectivity index (χ4v) is 3.91. The van der Waals surface area contributed by atoms with Crippen LogP contribution in [-0.4, -0.2) is 52.3 Å². The predicted octanol–water partition coefficient (Wildman–Crippen LogP) is 2.16. The molecule has 28 heavy (non-hydrogen) atoms. The zero-order chi connectivity index (χ0) is 19.5. The zero-order valence-electron chi connectivity index (χ0n) is 15.6. The minimum absolute atomic E-state index is 0.231. The Morgan fingerprint density at radius 1 is 1.21 bits per heavy atom. The van der Waals surface area contributed by atoms with Crippen LogP contribution in [0.5, 0.6) is 0 Å². The van der Waals surface area contributed by atoms with Crippen molar-refractivity contribution in [3.8, 4) is 5.69 Å². The molecule has 2 aromatic heterocycles. The molecule has 0 bridgehead atoms. The quantitative estimate of drug-likeness (QED) is 0.549. The first-order valence-electron chi connectivity index (χ1n) is 9.62. The molecule has 1 saturated heterocycles. The molecule has 1 aliphatic heterocycles. The maximum absolute atomic E-state index is 10.3. The maximum Gasteiger partial charge on any atom is 0.159 e. The molecule has 4 N–H and O–H groups in total. The fraction of sp³-hybridized carbons (Fsp3) is 0.400. The second-order valence-corrected chi connectivity index (χ2v) is 7.55. The van der Waals surface area contributed by atoms with E-state index in [9.17, 15) is 5.11 Å². The molecule has 1 aliphatic rings. The Morgan fingerprint density at radius 2 is 1.96 bits per heavy atom. The number of aliphatic hydroxyl groups is 1. The summed E-state index contributed by atoms with van der Waals surface area (Å²) in [5, 5.41) is 20.0. The largest absolute Gasteiger partial charge is 0.378 e. The third-order valence-corrected chi connectivity index (χ3v) is 5.57. The molecule has 0 saturated carbocycles. The van der Waals surface area contributed by atoms with Gasteiger partial charge >= 0.3 is 0 Å². The number of pyridine rings is 1. The summed E-state index contributed by atoms with van der Waals surface area (Å²) in [7, 11) is 0. The Morgan fingerprint density at radius 3 is 2.68 bits per heavy atom. The lowest BCUT2D eigenvalue weighted by Gasteiger charge is -2.34. The highest BCUT2D eigenvalue weighted by Crippen LogP contribution is 2.31. The van der Waals surface area contributed by atoms with Crippen LogP contribution in [0, 0.1) is 5.92 Å². The average molecular weight is 401 g/mol. The van der Waals surface area contributed by atoms with Gasteiger partial charge in [0.2, 0.25) is 0 Å². The Bertz CT molecular complexity index is 920. The van der Waals surface area contributed by atoms with Gasteiger partial charge in [-0.2, -0.15) is 0 Å². The summed E-state index contributed by atoms with van der Waals surface area (Å²) in [4.78, 5) is 6.57. The molecule has 1 aromatic carbocycles. The van der Waals surface area contributed by atoms with Crippen LogP contribution in [-0.2, 0) is 0 Å². The van der Waals surface area contributed by atoms with Gasteiger partial charge in [0.25, 0.3) is 0 Å². The van der Waals surface area contributed by atoms with Crippen LogP contribution in [0.25, 0.3) is 16.6 Å². The van der Waals surface area contributed by atoms with Crippen molar-refractivity contribution >= 4 is 28.3 Å². The normalized spacial score (nSPS) is 16.6. The highest BCUT2D eigenvalue weighted by molar-refractivity contribution is 6.30. The number of nitrogens with two attached hydrogens (primary N) is 1. The average Bonchev–Trinajstić information content (AvgIpc) is 3.12. The third kappa shape index (κ3) is 3.84. The van der Waals surface area contributed by atoms with Crippen molar-refractivity contribution in [2.24, 2.45) is 11.7 Å². The highest BCUT2D eigenvalue weighted by Gasteiger charge is 2.27. The smallest absolute Gasteiger partial charge is 0.159 e. The summed E-state index contributed by atoms with van der Waals surface area (Å²) < 4.78 is 1.91. The van der Waals surface area contributed by atoms with Crippen LogP contribution < -0.4 is 16.0 Å². The number of fused-ring (bicyclic) bond motifs is 1. The number of hydrogen-bond donors (Lipinski definition) is 3. The van der Waals surface area contributed by atoms with Crippen LogP contribution in [0.15, 0.2) is 42.7 Å². The van der Waals surface area contributed by atoms with Gasteiger partial charge in [-0.3, -0.25) is 10.3 Å². The number of halogens is 1. The molecule has 0 amide bonds. The first-order valence-corrected chi connectivity index (χ1v) is 10.0. The summed E-state index contributed by atoms with van der Waals surface area (Å²) in [6, 6.07) is 9.64. The molecule has 0 radical (unpaired) electrons. The third-order valence-electron chi connectivity index (χ3n) is 5.32. The van der Waals surface area contributed by atoms with E-state index in [1.165, 1.54) is 0 Å². The van der Waals surface area contributed by atoms with Crippen LogP contribution in [0.1, 0.15) is 12.8 Å². The minimum Gasteiger partial charge on any atom is -0.378 e. The summed E-state index contributed by atoms with van der Waals surface area (Å²) in [6.07, 6.45) is 4.94. The van der Waals surface area contributed by atoms with Gasteiger partial charge in [0, 0.05) is 48.7 Å². The SMILES string of the molecule is NCCNC(O)C1CCN(c2nn(-c3ccc(Cl)cc3)c3cnccc23)CC1. The monoisotopic (exact) mass is 400 g/mol. The topological polar surface area (TPSA) is 92.2 Å². The fourth-order valence-electron chi connectivity index (χ4n) is 3.78. The van der Waals surface area contributed by atoms with Gasteiger partial charge in [-0.1, -0.05) is 11.6 Å². The summed E-state index contributed by atoms with van der Waals surface area (Å²) in [5.41, 5.74) is 7.42. The lowest BCUT2D eigenvalue weighted by molar-refractivity contribution is 0.0631. The lowest BCUT2D eigenvalue weighted by Crippen LogP contribution is -2.44. The van der Waals surface area contributed by atoms with E-state index in [-0.39, 0.29) is 5.92 Å². The minimum atomic E-state index is -0.502. The first kappa shape index (κ1) is 19.1. The van der Waals surface area contributed by atoms with E-state index in [0.29, 0.717) is 18.1 Å². The van der Waals surface area contributed by atoms with Gasteiger partial charge in [0.1, 0.15) is 6.23 Å². The number of piperidine rings is 1. The van der Waals surface area contributed by atoms with Crippen LogP contribution >= 0.6 is 11.6 Å². The molecular formula is C20H25ClN6O. The van der Waals surface area contributed by atoms with Gasteiger partial charge < -0.3 is 15.7 Å². The molecule has 3 heterocycles. The van der Waals surface area contributed by atoms with E-state index >= 15 is 0 Å². The Labute approximate surface area is 169 Å². The van der Waals surface area contributed by atoms with E-state index in [1.54, 1.807) is 6.20 Å². The molecule has 7 nitrogen and oxygen atoms in total. The Balaban J connectivity index is 1.57. The molecule has 3 aromatic rings. The predicted molar refractivity (Wildman–Crippen MR) is 112 cm³/mol. The summed E-state index contributed by atoms with van der Waals surface area (Å²) in [6.45, 7) is 2.85. The number of benzene rings is 1. The van der Waals surface area contributed by atoms with Gasteiger partial charge in [-0.05, 0) is 43.2 Å². The first-order chi connectivity index (χ1) is 13.7. The zero-order valence-corrected chi connectivity index (χ0v) is 16.4. The molecule has 0 spiro atoms. The molecule has 148 valence electrons. The second kappa shape index (κ2) is 8.45.